The highest BCUT2D eigenvalue weighted by Crippen LogP contribution is 2.33. The average molecular weight is 506 g/mol. The van der Waals surface area contributed by atoms with Gasteiger partial charge in [0.25, 0.3) is 5.91 Å². The van der Waals surface area contributed by atoms with E-state index in [4.69, 9.17) is 21.1 Å². The highest BCUT2D eigenvalue weighted by Gasteiger charge is 2.33. The minimum atomic E-state index is -1.23. The van der Waals surface area contributed by atoms with Gasteiger partial charge in [-0.1, -0.05) is 23.7 Å². The molecular weight excluding hydrogens is 478 g/mol. The van der Waals surface area contributed by atoms with Gasteiger partial charge in [0.15, 0.2) is 5.78 Å². The van der Waals surface area contributed by atoms with Crippen LogP contribution in [0.25, 0.3) is 0 Å². The molecule has 1 fully saturated rings. The molecule has 3 aromatic rings. The third-order valence-corrected chi connectivity index (χ3v) is 6.14. The van der Waals surface area contributed by atoms with Crippen molar-refractivity contribution in [1.29, 1.82) is 0 Å². The Morgan fingerprint density at radius 1 is 0.861 bits per heavy atom. The number of carbonyl (C=O) groups is 3. The third kappa shape index (κ3) is 6.73. The van der Waals surface area contributed by atoms with Crippen molar-refractivity contribution in [2.45, 2.75) is 38.7 Å². The van der Waals surface area contributed by atoms with Gasteiger partial charge >= 0.3 is 5.97 Å². The maximum Gasteiger partial charge on any atom is 0.355 e. The quantitative estimate of drug-likeness (QED) is 0.218. The molecule has 0 bridgehead atoms. The number of carbonyl (C=O) groups excluding carboxylic acids is 3. The Kier molecular flexibility index (Phi) is 7.75. The fourth-order valence-corrected chi connectivity index (χ4v) is 3.71. The molecule has 1 amide bonds. The molecule has 0 atom stereocenters. The molecule has 0 heterocycles. The molecule has 1 N–H and O–H groups in total. The van der Waals surface area contributed by atoms with Crippen LogP contribution in [0.5, 0.6) is 11.5 Å². The average Bonchev–Trinajstić information content (AvgIpc) is 3.71. The lowest BCUT2D eigenvalue weighted by atomic mass is 10.1. The highest BCUT2D eigenvalue weighted by molar-refractivity contribution is 6.30. The van der Waals surface area contributed by atoms with Crippen LogP contribution in [0.4, 0.5) is 0 Å². The van der Waals surface area contributed by atoms with E-state index in [2.05, 4.69) is 5.32 Å². The number of halogens is 1. The first-order chi connectivity index (χ1) is 17.2. The molecule has 6 nitrogen and oxygen atoms in total. The summed E-state index contributed by atoms with van der Waals surface area (Å²) in [6.07, 6.45) is 2.54. The van der Waals surface area contributed by atoms with Gasteiger partial charge in [-0.3, -0.25) is 9.59 Å². The van der Waals surface area contributed by atoms with E-state index in [1.807, 2.05) is 12.1 Å². The molecule has 0 saturated heterocycles. The highest BCUT2D eigenvalue weighted by atomic mass is 35.5. The molecule has 0 spiro atoms. The standard InChI is InChI=1S/C29H28ClNO5/c1-29(2,28(34)35-24-15-9-21(10-16-24)26(32)20-5-6-20)36-25-13-3-19(4-14-25)17-18-31-27(33)22-7-11-23(30)12-8-22/h3-4,7-16,20H,5-6,17-18H2,1-2H3,(H,31,33). The van der Waals surface area contributed by atoms with E-state index in [9.17, 15) is 14.4 Å². The maximum absolute atomic E-state index is 12.7. The Morgan fingerprint density at radius 2 is 1.44 bits per heavy atom. The van der Waals surface area contributed by atoms with E-state index in [-0.39, 0.29) is 17.6 Å². The van der Waals surface area contributed by atoms with E-state index in [1.54, 1.807) is 74.5 Å². The zero-order valence-electron chi connectivity index (χ0n) is 20.3. The van der Waals surface area contributed by atoms with Crippen molar-refractivity contribution in [3.63, 3.8) is 0 Å². The summed E-state index contributed by atoms with van der Waals surface area (Å²) in [5, 5.41) is 3.47. The number of hydrogen-bond donors (Lipinski definition) is 1. The Labute approximate surface area is 215 Å². The molecular formula is C29H28ClNO5. The fourth-order valence-electron chi connectivity index (χ4n) is 3.58. The Morgan fingerprint density at radius 3 is 2.06 bits per heavy atom. The van der Waals surface area contributed by atoms with E-state index >= 15 is 0 Å². The van der Waals surface area contributed by atoms with Crippen molar-refractivity contribution in [3.05, 3.63) is 94.5 Å². The summed E-state index contributed by atoms with van der Waals surface area (Å²) >= 11 is 5.85. The second kappa shape index (κ2) is 11.0. The lowest BCUT2D eigenvalue weighted by molar-refractivity contribution is -0.149. The zero-order valence-corrected chi connectivity index (χ0v) is 21.0. The van der Waals surface area contributed by atoms with Crippen LogP contribution >= 0.6 is 11.6 Å². The lowest BCUT2D eigenvalue weighted by Gasteiger charge is -2.24. The predicted molar refractivity (Wildman–Crippen MR) is 138 cm³/mol. The number of hydrogen-bond acceptors (Lipinski definition) is 5. The molecule has 1 aliphatic rings. The van der Waals surface area contributed by atoms with Crippen molar-refractivity contribution in [3.8, 4) is 11.5 Å². The zero-order chi connectivity index (χ0) is 25.7. The van der Waals surface area contributed by atoms with Crippen LogP contribution in [-0.4, -0.2) is 29.8 Å². The van der Waals surface area contributed by atoms with Crippen LogP contribution in [0.15, 0.2) is 72.8 Å². The Balaban J connectivity index is 1.25. The summed E-state index contributed by atoms with van der Waals surface area (Å²) in [6, 6.07) is 20.7. The smallest absolute Gasteiger partial charge is 0.355 e. The van der Waals surface area contributed by atoms with Gasteiger partial charge in [0.05, 0.1) is 0 Å². The number of Topliss-reactive ketones (excluding diaryl/α,β-unsaturated/α-hetero) is 1. The van der Waals surface area contributed by atoms with Gasteiger partial charge < -0.3 is 14.8 Å². The van der Waals surface area contributed by atoms with Crippen molar-refractivity contribution in [2.24, 2.45) is 5.92 Å². The van der Waals surface area contributed by atoms with Crippen LogP contribution < -0.4 is 14.8 Å². The summed E-state index contributed by atoms with van der Waals surface area (Å²) < 4.78 is 11.4. The van der Waals surface area contributed by atoms with Gasteiger partial charge in [0, 0.05) is 28.6 Å². The Hall–Kier alpha value is -3.64. The van der Waals surface area contributed by atoms with E-state index < -0.39 is 11.6 Å². The molecule has 1 saturated carbocycles. The predicted octanol–water partition coefficient (Wildman–Crippen LogP) is 5.67. The van der Waals surface area contributed by atoms with Crippen LogP contribution in [0.2, 0.25) is 5.02 Å². The first kappa shape index (κ1) is 25.5. The van der Waals surface area contributed by atoms with Crippen LogP contribution in [0.1, 0.15) is 53.0 Å². The van der Waals surface area contributed by atoms with Gasteiger partial charge in [-0.15, -0.1) is 0 Å². The van der Waals surface area contributed by atoms with Crippen molar-refractivity contribution in [1.82, 2.24) is 5.32 Å². The minimum absolute atomic E-state index is 0.143. The third-order valence-electron chi connectivity index (χ3n) is 5.89. The summed E-state index contributed by atoms with van der Waals surface area (Å²) in [5.41, 5.74) is 0.980. The lowest BCUT2D eigenvalue weighted by Crippen LogP contribution is -2.41. The number of esters is 1. The molecule has 186 valence electrons. The number of amides is 1. The second-order valence-corrected chi connectivity index (χ2v) is 9.76. The molecule has 0 aromatic heterocycles. The molecule has 7 heteroatoms. The summed E-state index contributed by atoms with van der Waals surface area (Å²) in [6.45, 7) is 3.76. The van der Waals surface area contributed by atoms with Crippen molar-refractivity contribution in [2.75, 3.05) is 6.54 Å². The topological polar surface area (TPSA) is 81.7 Å². The number of rotatable bonds is 10. The van der Waals surface area contributed by atoms with Gasteiger partial charge in [-0.25, -0.2) is 4.79 Å². The molecule has 1 aliphatic carbocycles. The van der Waals surface area contributed by atoms with E-state index in [1.165, 1.54) is 0 Å². The maximum atomic E-state index is 12.7. The van der Waals surface area contributed by atoms with E-state index in [0.29, 0.717) is 40.6 Å². The SMILES string of the molecule is CC(C)(Oc1ccc(CCNC(=O)c2ccc(Cl)cc2)cc1)C(=O)Oc1ccc(C(=O)C2CC2)cc1. The molecule has 0 unspecified atom stereocenters. The molecule has 4 rings (SSSR count). The fraction of sp³-hybridized carbons (Fsp3) is 0.276. The Bertz CT molecular complexity index is 1230. The van der Waals surface area contributed by atoms with E-state index in [0.717, 1.165) is 18.4 Å². The largest absolute Gasteiger partial charge is 0.476 e. The molecule has 0 aliphatic heterocycles. The summed E-state index contributed by atoms with van der Waals surface area (Å²) in [7, 11) is 0. The van der Waals surface area contributed by atoms with Gasteiger partial charge in [0.2, 0.25) is 5.60 Å². The minimum Gasteiger partial charge on any atom is -0.476 e. The first-order valence-corrected chi connectivity index (χ1v) is 12.3. The van der Waals surface area contributed by atoms with Crippen molar-refractivity contribution >= 4 is 29.3 Å². The monoisotopic (exact) mass is 505 g/mol. The number of ketones is 1. The number of nitrogens with one attached hydrogen (secondary N) is 1. The number of ether oxygens (including phenoxy) is 2. The van der Waals surface area contributed by atoms with Crippen LogP contribution in [0.3, 0.4) is 0 Å². The molecule has 36 heavy (non-hydrogen) atoms. The van der Waals surface area contributed by atoms with Gasteiger partial charge in [0.1, 0.15) is 11.5 Å². The van der Waals surface area contributed by atoms with Crippen LogP contribution in [0, 0.1) is 5.92 Å². The van der Waals surface area contributed by atoms with Crippen LogP contribution in [-0.2, 0) is 11.2 Å². The summed E-state index contributed by atoms with van der Waals surface area (Å²) in [5.74, 6) is 0.472. The molecule has 3 aromatic carbocycles. The number of benzene rings is 3. The first-order valence-electron chi connectivity index (χ1n) is 11.9. The normalized spacial score (nSPS) is 13.1. The van der Waals surface area contributed by atoms with Crippen molar-refractivity contribution < 1.29 is 23.9 Å². The van der Waals surface area contributed by atoms with Gasteiger partial charge in [-0.05, 0) is 99.3 Å². The molecule has 0 radical (unpaired) electrons. The summed E-state index contributed by atoms with van der Waals surface area (Å²) in [4.78, 5) is 37.1. The second-order valence-electron chi connectivity index (χ2n) is 9.32. The van der Waals surface area contributed by atoms with Gasteiger partial charge in [-0.2, -0.15) is 0 Å².